The van der Waals surface area contributed by atoms with Crippen molar-refractivity contribution in [2.75, 3.05) is 32.1 Å². The Balaban J connectivity index is 0.00000338. The minimum absolute atomic E-state index is 0. The summed E-state index contributed by atoms with van der Waals surface area (Å²) < 4.78 is 37.5. The lowest BCUT2D eigenvalue weighted by Crippen LogP contribution is -2.42. The van der Waals surface area contributed by atoms with Crippen LogP contribution >= 0.6 is 39.9 Å². The summed E-state index contributed by atoms with van der Waals surface area (Å²) in [7, 11) is -1.29. The van der Waals surface area contributed by atoms with Crippen molar-refractivity contribution in [3.63, 3.8) is 0 Å². The zero-order chi connectivity index (χ0) is 18.5. The van der Waals surface area contributed by atoms with E-state index in [2.05, 4.69) is 31.6 Å². The Bertz CT molecular complexity index is 740. The number of aliphatic imine (C=N–C) groups is 1. The average Bonchev–Trinajstić information content (AvgIpc) is 3.26. The van der Waals surface area contributed by atoms with Crippen LogP contribution in [0.5, 0.6) is 0 Å². The van der Waals surface area contributed by atoms with E-state index in [4.69, 9.17) is 0 Å². The quantitative estimate of drug-likeness (QED) is 0.221. The van der Waals surface area contributed by atoms with Crippen LogP contribution in [0.25, 0.3) is 0 Å². The van der Waals surface area contributed by atoms with Gasteiger partial charge in [-0.15, -0.1) is 24.0 Å². The molecule has 1 aromatic carbocycles. The van der Waals surface area contributed by atoms with Gasteiger partial charge in [0.05, 0.1) is 5.75 Å². The Morgan fingerprint density at radius 3 is 2.58 bits per heavy atom. The zero-order valence-electron chi connectivity index (χ0n) is 15.0. The number of guanidine groups is 1. The molecule has 26 heavy (non-hydrogen) atoms. The number of rotatable bonds is 8. The fourth-order valence-corrected chi connectivity index (χ4v) is 4.64. The minimum atomic E-state index is -2.97. The predicted molar refractivity (Wildman–Crippen MR) is 119 cm³/mol. The van der Waals surface area contributed by atoms with Crippen molar-refractivity contribution in [3.05, 3.63) is 34.1 Å². The molecule has 148 valence electrons. The number of halogens is 3. The van der Waals surface area contributed by atoms with E-state index in [1.54, 1.807) is 13.1 Å². The lowest BCUT2D eigenvalue weighted by molar-refractivity contribution is 0.529. The molecule has 1 aliphatic carbocycles. The summed E-state index contributed by atoms with van der Waals surface area (Å²) in [6, 6.07) is 5.10. The third kappa shape index (κ3) is 8.08. The predicted octanol–water partition coefficient (Wildman–Crippen LogP) is 3.13. The Labute approximate surface area is 180 Å². The molecule has 0 saturated heterocycles. The second-order valence-electron chi connectivity index (χ2n) is 6.76. The highest BCUT2D eigenvalue weighted by Crippen LogP contribution is 2.45. The molecule has 2 N–H and O–H groups in total. The van der Waals surface area contributed by atoms with Gasteiger partial charge in [0, 0.05) is 36.3 Å². The molecule has 0 amide bonds. The number of benzene rings is 1. The van der Waals surface area contributed by atoms with Crippen molar-refractivity contribution in [1.29, 1.82) is 0 Å². The van der Waals surface area contributed by atoms with E-state index in [-0.39, 0.29) is 41.0 Å². The molecule has 0 bridgehead atoms. The van der Waals surface area contributed by atoms with Gasteiger partial charge in [-0.2, -0.15) is 0 Å². The van der Waals surface area contributed by atoms with E-state index in [0.717, 1.165) is 23.7 Å². The maximum atomic E-state index is 13.8. The van der Waals surface area contributed by atoms with Crippen molar-refractivity contribution in [3.8, 4) is 0 Å². The maximum absolute atomic E-state index is 13.8. The number of sulfone groups is 1. The number of nitrogens with zero attached hydrogens (tertiary/aromatic N) is 1. The molecule has 2 rings (SSSR count). The van der Waals surface area contributed by atoms with E-state index < -0.39 is 9.84 Å². The van der Waals surface area contributed by atoms with Crippen LogP contribution in [0.3, 0.4) is 0 Å². The van der Waals surface area contributed by atoms with Gasteiger partial charge in [0.15, 0.2) is 5.96 Å². The van der Waals surface area contributed by atoms with Crippen LogP contribution in [-0.2, 0) is 16.3 Å². The van der Waals surface area contributed by atoms with Crippen LogP contribution in [0.1, 0.15) is 24.8 Å². The molecule has 1 aliphatic rings. The molecule has 1 fully saturated rings. The molecule has 0 spiro atoms. The summed E-state index contributed by atoms with van der Waals surface area (Å²) in [5.74, 6) is 0.664. The first-order valence-corrected chi connectivity index (χ1v) is 11.1. The van der Waals surface area contributed by atoms with Crippen LogP contribution in [-0.4, -0.2) is 46.5 Å². The van der Waals surface area contributed by atoms with Crippen LogP contribution in [0.2, 0.25) is 0 Å². The summed E-state index contributed by atoms with van der Waals surface area (Å²) in [4.78, 5) is 4.15. The number of hydrogen-bond acceptors (Lipinski definition) is 3. The fraction of sp³-hybridized carbons (Fsp3) is 0.588. The van der Waals surface area contributed by atoms with Crippen molar-refractivity contribution < 1.29 is 12.8 Å². The van der Waals surface area contributed by atoms with Gasteiger partial charge < -0.3 is 10.6 Å². The first kappa shape index (κ1) is 23.6. The summed E-state index contributed by atoms with van der Waals surface area (Å²) >= 11 is 3.25. The summed E-state index contributed by atoms with van der Waals surface area (Å²) in [6.45, 7) is 1.26. The molecule has 1 aromatic rings. The standard InChI is InChI=1S/C17H25BrFN3O2S.HI/c1-20-16(22-11-17(7-8-17)12-25(2,23)24)21-9-3-4-13-5-6-14(18)10-15(13)19;/h5-6,10H,3-4,7-9,11-12H2,1-2H3,(H2,20,21,22);1H. The van der Waals surface area contributed by atoms with E-state index in [1.807, 2.05) is 6.07 Å². The van der Waals surface area contributed by atoms with Gasteiger partial charge >= 0.3 is 0 Å². The molecule has 0 radical (unpaired) electrons. The second kappa shape index (κ2) is 10.2. The molecule has 0 heterocycles. The number of aryl methyl sites for hydroxylation is 1. The highest BCUT2D eigenvalue weighted by atomic mass is 127. The molecule has 9 heteroatoms. The third-order valence-electron chi connectivity index (χ3n) is 4.31. The first-order chi connectivity index (χ1) is 11.7. The van der Waals surface area contributed by atoms with Crippen molar-refractivity contribution >= 4 is 55.7 Å². The summed E-state index contributed by atoms with van der Waals surface area (Å²) in [5.41, 5.74) is 0.546. The van der Waals surface area contributed by atoms with Crippen molar-refractivity contribution in [1.82, 2.24) is 10.6 Å². The highest BCUT2D eigenvalue weighted by Gasteiger charge is 2.45. The van der Waals surface area contributed by atoms with E-state index in [9.17, 15) is 12.8 Å². The molecule has 0 aromatic heterocycles. The van der Waals surface area contributed by atoms with Crippen molar-refractivity contribution in [2.24, 2.45) is 10.4 Å². The first-order valence-electron chi connectivity index (χ1n) is 8.29. The van der Waals surface area contributed by atoms with Crippen LogP contribution in [0.4, 0.5) is 4.39 Å². The Hall–Kier alpha value is -0.420. The fourth-order valence-electron chi connectivity index (χ4n) is 2.81. The van der Waals surface area contributed by atoms with Gasteiger partial charge in [-0.05, 0) is 43.4 Å². The van der Waals surface area contributed by atoms with Crippen LogP contribution < -0.4 is 10.6 Å². The molecule has 1 saturated carbocycles. The Kier molecular flexibility index (Phi) is 9.28. The Morgan fingerprint density at radius 1 is 1.35 bits per heavy atom. The molecular weight excluding hydrogens is 536 g/mol. The molecule has 0 atom stereocenters. The Morgan fingerprint density at radius 2 is 2.04 bits per heavy atom. The van der Waals surface area contributed by atoms with E-state index in [0.29, 0.717) is 31.0 Å². The smallest absolute Gasteiger partial charge is 0.190 e. The topological polar surface area (TPSA) is 70.6 Å². The highest BCUT2D eigenvalue weighted by molar-refractivity contribution is 14.0. The van der Waals surface area contributed by atoms with Crippen LogP contribution in [0, 0.1) is 11.2 Å². The summed E-state index contributed by atoms with van der Waals surface area (Å²) in [6.07, 6.45) is 4.54. The molecule has 5 nitrogen and oxygen atoms in total. The van der Waals surface area contributed by atoms with E-state index in [1.165, 1.54) is 12.3 Å². The van der Waals surface area contributed by atoms with Gasteiger partial charge in [0.25, 0.3) is 0 Å². The molecular formula is C17H26BrFIN3O2S. The summed E-state index contributed by atoms with van der Waals surface area (Å²) in [5, 5.41) is 6.40. The number of nitrogens with one attached hydrogen (secondary N) is 2. The second-order valence-corrected chi connectivity index (χ2v) is 9.82. The van der Waals surface area contributed by atoms with Crippen LogP contribution in [0.15, 0.2) is 27.7 Å². The van der Waals surface area contributed by atoms with E-state index >= 15 is 0 Å². The molecule has 0 aliphatic heterocycles. The normalized spacial score (nSPS) is 15.9. The minimum Gasteiger partial charge on any atom is -0.356 e. The van der Waals surface area contributed by atoms with Gasteiger partial charge in [-0.25, -0.2) is 12.8 Å². The lowest BCUT2D eigenvalue weighted by Gasteiger charge is -2.17. The maximum Gasteiger partial charge on any atom is 0.190 e. The van der Waals surface area contributed by atoms with Gasteiger partial charge in [-0.3, -0.25) is 4.99 Å². The lowest BCUT2D eigenvalue weighted by atomic mass is 10.1. The average molecular weight is 562 g/mol. The number of hydrogen-bond donors (Lipinski definition) is 2. The monoisotopic (exact) mass is 561 g/mol. The third-order valence-corrected chi connectivity index (χ3v) is 5.94. The van der Waals surface area contributed by atoms with Gasteiger partial charge in [0.1, 0.15) is 15.7 Å². The zero-order valence-corrected chi connectivity index (χ0v) is 19.8. The molecule has 0 unspecified atom stereocenters. The van der Waals surface area contributed by atoms with Gasteiger partial charge in [0.2, 0.25) is 0 Å². The van der Waals surface area contributed by atoms with Crippen molar-refractivity contribution in [2.45, 2.75) is 25.7 Å². The largest absolute Gasteiger partial charge is 0.356 e. The van der Waals surface area contributed by atoms with Gasteiger partial charge in [-0.1, -0.05) is 22.0 Å². The SMILES string of the molecule is CN=C(NCCCc1ccc(Br)cc1F)NCC1(CS(C)(=O)=O)CC1.I.